The largest absolute Gasteiger partial charge is 0.287 e. The Balaban J connectivity index is 1.81. The van der Waals surface area contributed by atoms with E-state index >= 15 is 0 Å². The zero-order valence-electron chi connectivity index (χ0n) is 12.5. The van der Waals surface area contributed by atoms with Gasteiger partial charge in [0.2, 0.25) is 5.91 Å². The van der Waals surface area contributed by atoms with E-state index in [2.05, 4.69) is 19.1 Å². The quantitative estimate of drug-likeness (QED) is 0.840. The molecule has 0 radical (unpaired) electrons. The number of carbonyl (C=O) groups excluding carboxylic acids is 1. The Morgan fingerprint density at radius 1 is 1.19 bits per heavy atom. The zero-order valence-corrected chi connectivity index (χ0v) is 13.4. The molecular formula is C17H22N2OS. The van der Waals surface area contributed by atoms with Crippen LogP contribution in [-0.2, 0) is 11.2 Å². The molecule has 4 heteroatoms. The first-order valence-electron chi connectivity index (χ1n) is 7.90. The van der Waals surface area contributed by atoms with Crippen molar-refractivity contribution in [2.24, 2.45) is 4.99 Å². The molecule has 1 aromatic carbocycles. The van der Waals surface area contributed by atoms with E-state index in [1.807, 2.05) is 17.0 Å². The molecule has 0 N–H and O–H groups in total. The number of amidine groups is 1. The third-order valence-corrected chi connectivity index (χ3v) is 5.25. The highest BCUT2D eigenvalue weighted by molar-refractivity contribution is 8.15. The number of aryl methyl sites for hydroxylation is 1. The SMILES string of the molecule is CCc1ccc(N=C2SCC(=O)N2C2CCCCC2)cc1. The van der Waals surface area contributed by atoms with Crippen molar-refractivity contribution in [2.45, 2.75) is 51.5 Å². The Kier molecular flexibility index (Phi) is 4.63. The maximum atomic E-state index is 12.2. The number of aliphatic imine (C=N–C) groups is 1. The highest BCUT2D eigenvalue weighted by Crippen LogP contribution is 2.31. The third-order valence-electron chi connectivity index (χ3n) is 4.31. The van der Waals surface area contributed by atoms with E-state index in [1.165, 1.54) is 24.8 Å². The molecule has 21 heavy (non-hydrogen) atoms. The number of carbonyl (C=O) groups is 1. The molecule has 1 amide bonds. The molecule has 112 valence electrons. The zero-order chi connectivity index (χ0) is 14.7. The standard InChI is InChI=1S/C17H22N2OS/c1-2-13-8-10-14(11-9-13)18-17-19(16(20)12-21-17)15-6-4-3-5-7-15/h8-11,15H,2-7,12H2,1H3. The van der Waals surface area contributed by atoms with Crippen molar-refractivity contribution >= 4 is 28.5 Å². The van der Waals surface area contributed by atoms with E-state index in [1.54, 1.807) is 11.8 Å². The summed E-state index contributed by atoms with van der Waals surface area (Å²) in [5, 5.41) is 0.899. The molecule has 1 heterocycles. The maximum Gasteiger partial charge on any atom is 0.239 e. The van der Waals surface area contributed by atoms with Crippen molar-refractivity contribution in [3.8, 4) is 0 Å². The van der Waals surface area contributed by atoms with Crippen LogP contribution >= 0.6 is 11.8 Å². The fraction of sp³-hybridized carbons (Fsp3) is 0.529. The van der Waals surface area contributed by atoms with E-state index in [-0.39, 0.29) is 5.91 Å². The molecule has 2 aliphatic rings. The minimum Gasteiger partial charge on any atom is -0.287 e. The van der Waals surface area contributed by atoms with Gasteiger partial charge in [-0.2, -0.15) is 0 Å². The molecule has 3 nitrogen and oxygen atoms in total. The Bertz CT molecular complexity index is 532. The van der Waals surface area contributed by atoms with Gasteiger partial charge < -0.3 is 0 Å². The molecule has 0 aromatic heterocycles. The molecular weight excluding hydrogens is 280 g/mol. The molecule has 3 rings (SSSR count). The number of hydrogen-bond donors (Lipinski definition) is 0. The summed E-state index contributed by atoms with van der Waals surface area (Å²) in [5.74, 6) is 0.776. The third kappa shape index (κ3) is 3.31. The van der Waals surface area contributed by atoms with Crippen molar-refractivity contribution in [1.29, 1.82) is 0 Å². The smallest absolute Gasteiger partial charge is 0.239 e. The van der Waals surface area contributed by atoms with E-state index < -0.39 is 0 Å². The predicted octanol–water partition coefficient (Wildman–Crippen LogP) is 4.14. The number of thioether (sulfide) groups is 1. The molecule has 1 aromatic rings. The van der Waals surface area contributed by atoms with Crippen LogP contribution in [0.1, 0.15) is 44.6 Å². The Hall–Kier alpha value is -1.29. The van der Waals surface area contributed by atoms with Crippen molar-refractivity contribution in [1.82, 2.24) is 4.90 Å². The minimum absolute atomic E-state index is 0.232. The molecule has 0 bridgehead atoms. The van der Waals surface area contributed by atoms with E-state index in [0.717, 1.165) is 30.1 Å². The second-order valence-electron chi connectivity index (χ2n) is 5.76. The van der Waals surface area contributed by atoms with Gasteiger partial charge in [0.15, 0.2) is 5.17 Å². The summed E-state index contributed by atoms with van der Waals surface area (Å²) in [6.07, 6.45) is 7.06. The normalized spacial score (nSPS) is 22.2. The number of rotatable bonds is 3. The van der Waals surface area contributed by atoms with Crippen molar-refractivity contribution in [3.05, 3.63) is 29.8 Å². The minimum atomic E-state index is 0.232. The Morgan fingerprint density at radius 2 is 1.90 bits per heavy atom. The van der Waals surface area contributed by atoms with Gasteiger partial charge in [0, 0.05) is 6.04 Å². The van der Waals surface area contributed by atoms with Gasteiger partial charge >= 0.3 is 0 Å². The fourth-order valence-corrected chi connectivity index (χ4v) is 4.03. The molecule has 0 spiro atoms. The number of hydrogen-bond acceptors (Lipinski definition) is 3. The highest BCUT2D eigenvalue weighted by Gasteiger charge is 2.34. The van der Waals surface area contributed by atoms with Crippen LogP contribution in [0.3, 0.4) is 0 Å². The second kappa shape index (κ2) is 6.65. The average Bonchev–Trinajstić information content (AvgIpc) is 2.89. The van der Waals surface area contributed by atoms with E-state index in [4.69, 9.17) is 4.99 Å². The van der Waals surface area contributed by atoms with Crippen LogP contribution in [0.4, 0.5) is 5.69 Å². The van der Waals surface area contributed by atoms with Crippen molar-refractivity contribution in [2.75, 3.05) is 5.75 Å². The van der Waals surface area contributed by atoms with Crippen LogP contribution in [0.5, 0.6) is 0 Å². The summed E-state index contributed by atoms with van der Waals surface area (Å²) >= 11 is 1.58. The average molecular weight is 302 g/mol. The lowest BCUT2D eigenvalue weighted by Gasteiger charge is -2.30. The summed E-state index contributed by atoms with van der Waals surface area (Å²) < 4.78 is 0. The summed E-state index contributed by atoms with van der Waals surface area (Å²) in [6.45, 7) is 2.15. The van der Waals surface area contributed by atoms with Gasteiger partial charge in [0.1, 0.15) is 0 Å². The first kappa shape index (κ1) is 14.6. The molecule has 1 saturated heterocycles. The van der Waals surface area contributed by atoms with Crippen LogP contribution in [0.15, 0.2) is 29.3 Å². The summed E-state index contributed by atoms with van der Waals surface area (Å²) in [5.41, 5.74) is 2.27. The van der Waals surface area contributed by atoms with Gasteiger partial charge in [0.25, 0.3) is 0 Å². The molecule has 1 aliphatic carbocycles. The van der Waals surface area contributed by atoms with Crippen LogP contribution in [0.2, 0.25) is 0 Å². The van der Waals surface area contributed by atoms with Crippen LogP contribution in [-0.4, -0.2) is 27.8 Å². The lowest BCUT2D eigenvalue weighted by Crippen LogP contribution is -2.40. The van der Waals surface area contributed by atoms with Crippen molar-refractivity contribution < 1.29 is 4.79 Å². The van der Waals surface area contributed by atoms with Gasteiger partial charge in [-0.3, -0.25) is 9.69 Å². The fourth-order valence-electron chi connectivity index (χ4n) is 3.07. The first-order chi connectivity index (χ1) is 10.3. The Labute approximate surface area is 130 Å². The number of amides is 1. The van der Waals surface area contributed by atoms with Gasteiger partial charge in [-0.1, -0.05) is 50.1 Å². The summed E-state index contributed by atoms with van der Waals surface area (Å²) in [6, 6.07) is 8.70. The lowest BCUT2D eigenvalue weighted by atomic mass is 9.94. The van der Waals surface area contributed by atoms with Gasteiger partial charge in [-0.05, 0) is 37.0 Å². The number of nitrogens with zero attached hydrogens (tertiary/aromatic N) is 2. The molecule has 0 atom stereocenters. The predicted molar refractivity (Wildman–Crippen MR) is 89.1 cm³/mol. The Morgan fingerprint density at radius 3 is 2.57 bits per heavy atom. The van der Waals surface area contributed by atoms with Crippen molar-refractivity contribution in [3.63, 3.8) is 0 Å². The summed E-state index contributed by atoms with van der Waals surface area (Å²) in [4.78, 5) is 18.9. The van der Waals surface area contributed by atoms with Gasteiger partial charge in [-0.25, -0.2) is 4.99 Å². The first-order valence-corrected chi connectivity index (χ1v) is 8.89. The summed E-state index contributed by atoms with van der Waals surface area (Å²) in [7, 11) is 0. The number of benzene rings is 1. The topological polar surface area (TPSA) is 32.7 Å². The van der Waals surface area contributed by atoms with Gasteiger partial charge in [0.05, 0.1) is 11.4 Å². The van der Waals surface area contributed by atoms with Crippen LogP contribution in [0.25, 0.3) is 0 Å². The molecule has 1 aliphatic heterocycles. The molecule has 0 unspecified atom stereocenters. The van der Waals surface area contributed by atoms with E-state index in [0.29, 0.717) is 11.8 Å². The van der Waals surface area contributed by atoms with Crippen LogP contribution < -0.4 is 0 Å². The van der Waals surface area contributed by atoms with Gasteiger partial charge in [-0.15, -0.1) is 0 Å². The second-order valence-corrected chi connectivity index (χ2v) is 6.70. The monoisotopic (exact) mass is 302 g/mol. The van der Waals surface area contributed by atoms with E-state index in [9.17, 15) is 4.79 Å². The maximum absolute atomic E-state index is 12.2. The van der Waals surface area contributed by atoms with Crippen LogP contribution in [0, 0.1) is 0 Å². The molecule has 1 saturated carbocycles. The lowest BCUT2D eigenvalue weighted by molar-refractivity contribution is -0.126. The highest BCUT2D eigenvalue weighted by atomic mass is 32.2. The molecule has 2 fully saturated rings.